The number of likely N-dealkylation sites (tertiary alicyclic amines) is 1. The van der Waals surface area contributed by atoms with Gasteiger partial charge in [-0.05, 0) is 62.4 Å². The van der Waals surface area contributed by atoms with Crippen LogP contribution < -0.4 is 0 Å². The summed E-state index contributed by atoms with van der Waals surface area (Å²) in [6, 6.07) is 17.2. The Hall–Kier alpha value is -2.50. The zero-order chi connectivity index (χ0) is 20.9. The van der Waals surface area contributed by atoms with Crippen molar-refractivity contribution >= 4 is 0 Å². The summed E-state index contributed by atoms with van der Waals surface area (Å²) >= 11 is 0. The van der Waals surface area contributed by atoms with E-state index in [0.717, 1.165) is 56.6 Å². The van der Waals surface area contributed by atoms with Crippen molar-refractivity contribution in [2.75, 3.05) is 13.1 Å². The van der Waals surface area contributed by atoms with Crippen LogP contribution in [0.3, 0.4) is 0 Å². The van der Waals surface area contributed by atoms with Crippen LogP contribution in [0.5, 0.6) is 0 Å². The number of hydrogen-bond acceptors (Lipinski definition) is 3. The van der Waals surface area contributed by atoms with Crippen LogP contribution in [0.25, 0.3) is 11.3 Å². The molecular weight excluding hydrogens is 377 g/mol. The Balaban J connectivity index is 1.33. The predicted octanol–water partition coefficient (Wildman–Crippen LogP) is 4.43. The van der Waals surface area contributed by atoms with E-state index in [-0.39, 0.29) is 11.9 Å². The lowest BCUT2D eigenvalue weighted by molar-refractivity contribution is 0.0520. The average molecular weight is 408 g/mol. The van der Waals surface area contributed by atoms with Gasteiger partial charge in [0, 0.05) is 30.9 Å². The number of aliphatic hydroxyl groups is 1. The molecule has 1 N–H and O–H groups in total. The minimum Gasteiger partial charge on any atom is -0.393 e. The Morgan fingerprint density at radius 3 is 2.50 bits per heavy atom. The van der Waals surface area contributed by atoms with E-state index in [1.807, 2.05) is 37.5 Å². The minimum absolute atomic E-state index is 0.238. The second-order valence-electron chi connectivity index (χ2n) is 8.36. The maximum Gasteiger partial charge on any atom is 0.132 e. The lowest BCUT2D eigenvalue weighted by Gasteiger charge is -2.34. The van der Waals surface area contributed by atoms with E-state index < -0.39 is 0 Å². The molecule has 1 atom stereocenters. The number of rotatable bonds is 7. The molecule has 2 aromatic carbocycles. The second-order valence-corrected chi connectivity index (χ2v) is 8.36. The summed E-state index contributed by atoms with van der Waals surface area (Å²) in [7, 11) is 1.88. The molecule has 0 spiro atoms. The quantitative estimate of drug-likeness (QED) is 0.630. The van der Waals surface area contributed by atoms with Crippen LogP contribution in [0.4, 0.5) is 4.39 Å². The number of aliphatic hydroxyl groups excluding tert-OH is 1. The van der Waals surface area contributed by atoms with Gasteiger partial charge in [0.2, 0.25) is 0 Å². The maximum atomic E-state index is 14.3. The molecule has 5 heteroatoms. The minimum atomic E-state index is -0.250. The van der Waals surface area contributed by atoms with Gasteiger partial charge in [0.25, 0.3) is 0 Å². The highest BCUT2D eigenvalue weighted by Gasteiger charge is 2.26. The normalized spacial score (nSPS) is 16.6. The smallest absolute Gasteiger partial charge is 0.132 e. The van der Waals surface area contributed by atoms with E-state index in [9.17, 15) is 9.50 Å². The van der Waals surface area contributed by atoms with E-state index in [2.05, 4.69) is 22.1 Å². The molecule has 1 aliphatic heterocycles. The lowest BCUT2D eigenvalue weighted by atomic mass is 9.88. The van der Waals surface area contributed by atoms with E-state index >= 15 is 0 Å². The molecule has 1 aromatic heterocycles. The SMILES string of the molecule is Cn1cc(CN2CCC([C@@H](O)CCc3ccccc3)CC2)c(-c2ccccc2F)n1. The van der Waals surface area contributed by atoms with Crippen molar-refractivity contribution in [1.82, 2.24) is 14.7 Å². The van der Waals surface area contributed by atoms with Gasteiger partial charge in [-0.25, -0.2) is 4.39 Å². The highest BCUT2D eigenvalue weighted by atomic mass is 19.1. The number of piperidine rings is 1. The molecule has 0 aliphatic carbocycles. The van der Waals surface area contributed by atoms with Gasteiger partial charge in [0.15, 0.2) is 0 Å². The third-order valence-electron chi connectivity index (χ3n) is 6.18. The topological polar surface area (TPSA) is 41.3 Å². The molecule has 0 saturated carbocycles. The van der Waals surface area contributed by atoms with Crippen molar-refractivity contribution in [3.05, 3.63) is 77.7 Å². The van der Waals surface area contributed by atoms with Crippen molar-refractivity contribution in [2.24, 2.45) is 13.0 Å². The standard InChI is InChI=1S/C25H30FN3O/c1-28-17-21(25(27-28)22-9-5-6-10-23(22)26)18-29-15-13-20(14-16-29)24(30)12-11-19-7-3-2-4-8-19/h2-10,17,20,24,30H,11-16,18H2,1H3/t24-/m0/s1. The Kier molecular flexibility index (Phi) is 6.60. The summed E-state index contributed by atoms with van der Waals surface area (Å²) < 4.78 is 16.0. The van der Waals surface area contributed by atoms with E-state index in [1.165, 1.54) is 11.6 Å². The Morgan fingerprint density at radius 1 is 1.07 bits per heavy atom. The first-order chi connectivity index (χ1) is 14.6. The van der Waals surface area contributed by atoms with E-state index in [1.54, 1.807) is 16.8 Å². The molecule has 1 saturated heterocycles. The summed E-state index contributed by atoms with van der Waals surface area (Å²) in [5.41, 5.74) is 3.61. The van der Waals surface area contributed by atoms with E-state index in [4.69, 9.17) is 0 Å². The zero-order valence-corrected chi connectivity index (χ0v) is 17.5. The van der Waals surface area contributed by atoms with Crippen LogP contribution in [0.2, 0.25) is 0 Å². The molecule has 0 amide bonds. The van der Waals surface area contributed by atoms with Crippen molar-refractivity contribution in [3.63, 3.8) is 0 Å². The fraction of sp³-hybridized carbons (Fsp3) is 0.400. The molecule has 1 aliphatic rings. The average Bonchev–Trinajstić information content (AvgIpc) is 3.13. The fourth-order valence-electron chi connectivity index (χ4n) is 4.46. The number of benzene rings is 2. The molecule has 4 nitrogen and oxygen atoms in total. The van der Waals surface area contributed by atoms with Gasteiger partial charge in [-0.1, -0.05) is 42.5 Å². The van der Waals surface area contributed by atoms with Crippen LogP contribution in [-0.2, 0) is 20.0 Å². The molecule has 30 heavy (non-hydrogen) atoms. The zero-order valence-electron chi connectivity index (χ0n) is 17.5. The van der Waals surface area contributed by atoms with Gasteiger partial charge < -0.3 is 5.11 Å². The lowest BCUT2D eigenvalue weighted by Crippen LogP contribution is -2.37. The van der Waals surface area contributed by atoms with Gasteiger partial charge in [0.05, 0.1) is 11.8 Å². The van der Waals surface area contributed by atoms with Gasteiger partial charge in [-0.3, -0.25) is 9.58 Å². The Bertz CT molecular complexity index is 948. The highest BCUT2D eigenvalue weighted by molar-refractivity contribution is 5.63. The van der Waals surface area contributed by atoms with Crippen LogP contribution in [-0.4, -0.2) is 39.0 Å². The fourth-order valence-corrected chi connectivity index (χ4v) is 4.46. The first-order valence-electron chi connectivity index (χ1n) is 10.8. The maximum absolute atomic E-state index is 14.3. The summed E-state index contributed by atoms with van der Waals surface area (Å²) in [5.74, 6) is 0.114. The number of aryl methyl sites for hydroxylation is 2. The molecule has 0 bridgehead atoms. The largest absolute Gasteiger partial charge is 0.393 e. The van der Waals surface area contributed by atoms with Crippen LogP contribution in [0.1, 0.15) is 30.4 Å². The molecular formula is C25H30FN3O. The van der Waals surface area contributed by atoms with Crippen LogP contribution >= 0.6 is 0 Å². The van der Waals surface area contributed by atoms with Crippen LogP contribution in [0.15, 0.2) is 60.8 Å². The molecule has 1 fully saturated rings. The Labute approximate surface area is 178 Å². The molecule has 0 unspecified atom stereocenters. The van der Waals surface area contributed by atoms with E-state index in [0.29, 0.717) is 11.5 Å². The molecule has 4 rings (SSSR count). The molecule has 3 aromatic rings. The van der Waals surface area contributed by atoms with Crippen molar-refractivity contribution in [3.8, 4) is 11.3 Å². The molecule has 158 valence electrons. The summed E-state index contributed by atoms with van der Waals surface area (Å²) in [6.45, 7) is 2.64. The monoisotopic (exact) mass is 407 g/mol. The Morgan fingerprint density at radius 2 is 1.77 bits per heavy atom. The summed E-state index contributed by atoms with van der Waals surface area (Å²) in [5, 5.41) is 15.2. The predicted molar refractivity (Wildman–Crippen MR) is 117 cm³/mol. The number of hydrogen-bond donors (Lipinski definition) is 1. The third kappa shape index (κ3) is 4.97. The highest BCUT2D eigenvalue weighted by Crippen LogP contribution is 2.28. The van der Waals surface area contributed by atoms with Gasteiger partial charge >= 0.3 is 0 Å². The van der Waals surface area contributed by atoms with Crippen LogP contribution in [0, 0.1) is 11.7 Å². The van der Waals surface area contributed by atoms with Crippen molar-refractivity contribution in [1.29, 1.82) is 0 Å². The summed E-state index contributed by atoms with van der Waals surface area (Å²) in [4.78, 5) is 2.39. The van der Waals surface area contributed by atoms with Gasteiger partial charge in [-0.2, -0.15) is 5.10 Å². The van der Waals surface area contributed by atoms with Gasteiger partial charge in [-0.15, -0.1) is 0 Å². The summed E-state index contributed by atoms with van der Waals surface area (Å²) in [6.07, 6.45) is 5.46. The first kappa shape index (κ1) is 20.8. The number of halogens is 1. The van der Waals surface area contributed by atoms with Crippen molar-refractivity contribution < 1.29 is 9.50 Å². The molecule has 0 radical (unpaired) electrons. The third-order valence-corrected chi connectivity index (χ3v) is 6.18. The number of aromatic nitrogens is 2. The van der Waals surface area contributed by atoms with Gasteiger partial charge in [0.1, 0.15) is 5.82 Å². The molecule has 2 heterocycles. The first-order valence-corrected chi connectivity index (χ1v) is 10.8. The second kappa shape index (κ2) is 9.54. The number of nitrogens with zero attached hydrogens (tertiary/aromatic N) is 3. The van der Waals surface area contributed by atoms with Crippen molar-refractivity contribution in [2.45, 2.75) is 38.3 Å².